The van der Waals surface area contributed by atoms with Crippen LogP contribution in [-0.2, 0) is 11.2 Å². The average molecular weight is 430 g/mol. The molecule has 1 aromatic heterocycles. The fraction of sp³-hybridized carbons (Fsp3) is 0.217. The molecule has 0 saturated carbocycles. The minimum absolute atomic E-state index is 0.131. The van der Waals surface area contributed by atoms with E-state index in [4.69, 9.17) is 23.1 Å². The standard InChI is InChI=1S/C23H22ClF2N3O/c1-13-4-2-6-17(24)21(13)22(23(28)30)20-11-14(5-3-9-27)10-19(29-20)16-8-7-15(25)12-18(16)26/h2,4,6-8,10-12,22H,3,5,9,27H2,1H3,(H2,28,30). The van der Waals surface area contributed by atoms with Crippen LogP contribution in [0.5, 0.6) is 0 Å². The summed E-state index contributed by atoms with van der Waals surface area (Å²) in [7, 11) is 0. The molecule has 0 aliphatic carbocycles. The number of nitrogens with zero attached hydrogens (tertiary/aromatic N) is 1. The molecule has 0 radical (unpaired) electrons. The minimum atomic E-state index is -0.918. The predicted molar refractivity (Wildman–Crippen MR) is 114 cm³/mol. The summed E-state index contributed by atoms with van der Waals surface area (Å²) in [6.45, 7) is 2.30. The van der Waals surface area contributed by atoms with E-state index in [9.17, 15) is 13.6 Å². The molecule has 0 aliphatic heterocycles. The summed E-state index contributed by atoms with van der Waals surface area (Å²) < 4.78 is 27.8. The molecule has 2 aromatic carbocycles. The monoisotopic (exact) mass is 429 g/mol. The highest BCUT2D eigenvalue weighted by Gasteiger charge is 2.27. The maximum atomic E-state index is 14.4. The number of aromatic nitrogens is 1. The Hall–Kier alpha value is -2.83. The van der Waals surface area contributed by atoms with Crippen molar-refractivity contribution >= 4 is 17.5 Å². The van der Waals surface area contributed by atoms with Crippen LogP contribution in [0, 0.1) is 18.6 Å². The van der Waals surface area contributed by atoms with E-state index < -0.39 is 23.5 Å². The van der Waals surface area contributed by atoms with Gasteiger partial charge in [-0.1, -0.05) is 23.7 Å². The van der Waals surface area contributed by atoms with Crippen molar-refractivity contribution in [1.29, 1.82) is 0 Å². The Bertz CT molecular complexity index is 1070. The lowest BCUT2D eigenvalue weighted by molar-refractivity contribution is -0.118. The maximum Gasteiger partial charge on any atom is 0.231 e. The highest BCUT2D eigenvalue weighted by molar-refractivity contribution is 6.31. The Kier molecular flexibility index (Phi) is 6.80. The highest BCUT2D eigenvalue weighted by atomic mass is 35.5. The molecule has 156 valence electrons. The SMILES string of the molecule is Cc1cccc(Cl)c1C(C(N)=O)c1cc(CCCN)cc(-c2ccc(F)cc2F)n1. The van der Waals surface area contributed by atoms with Crippen molar-refractivity contribution in [3.05, 3.63) is 87.6 Å². The Morgan fingerprint density at radius 3 is 2.57 bits per heavy atom. The molecule has 4 N–H and O–H groups in total. The van der Waals surface area contributed by atoms with Crippen molar-refractivity contribution in [1.82, 2.24) is 4.98 Å². The molecule has 0 saturated heterocycles. The third-order valence-electron chi connectivity index (χ3n) is 4.92. The molecule has 0 bridgehead atoms. The van der Waals surface area contributed by atoms with Gasteiger partial charge in [0.15, 0.2) is 0 Å². The van der Waals surface area contributed by atoms with Gasteiger partial charge in [-0.25, -0.2) is 8.78 Å². The molecule has 3 aromatic rings. The number of amides is 1. The van der Waals surface area contributed by atoms with Crippen LogP contribution < -0.4 is 11.5 Å². The van der Waals surface area contributed by atoms with Gasteiger partial charge in [0, 0.05) is 16.7 Å². The second-order valence-corrected chi connectivity index (χ2v) is 7.51. The van der Waals surface area contributed by atoms with Crippen molar-refractivity contribution in [2.75, 3.05) is 6.54 Å². The quantitative estimate of drug-likeness (QED) is 0.580. The van der Waals surface area contributed by atoms with Crippen LogP contribution in [0.1, 0.15) is 34.7 Å². The fourth-order valence-electron chi connectivity index (χ4n) is 3.49. The first-order valence-corrected chi connectivity index (χ1v) is 9.90. The van der Waals surface area contributed by atoms with Crippen LogP contribution in [0.25, 0.3) is 11.3 Å². The lowest BCUT2D eigenvalue weighted by atomic mass is 9.89. The van der Waals surface area contributed by atoms with Gasteiger partial charge in [-0.2, -0.15) is 0 Å². The van der Waals surface area contributed by atoms with Crippen molar-refractivity contribution < 1.29 is 13.6 Å². The zero-order valence-electron chi connectivity index (χ0n) is 16.5. The number of rotatable bonds is 7. The molecule has 0 fully saturated rings. The van der Waals surface area contributed by atoms with Gasteiger partial charge < -0.3 is 11.5 Å². The van der Waals surface area contributed by atoms with Crippen LogP contribution in [0.4, 0.5) is 8.78 Å². The normalized spacial score (nSPS) is 12.0. The van der Waals surface area contributed by atoms with Gasteiger partial charge in [0.05, 0.1) is 11.4 Å². The van der Waals surface area contributed by atoms with Gasteiger partial charge in [0.25, 0.3) is 0 Å². The van der Waals surface area contributed by atoms with Crippen LogP contribution in [0.15, 0.2) is 48.5 Å². The summed E-state index contributed by atoms with van der Waals surface area (Å²) >= 11 is 6.39. The molecule has 0 aliphatic rings. The van der Waals surface area contributed by atoms with Gasteiger partial charge >= 0.3 is 0 Å². The first-order valence-electron chi connectivity index (χ1n) is 9.52. The Labute approximate surface area is 178 Å². The molecular formula is C23H22ClF2N3O. The van der Waals surface area contributed by atoms with E-state index in [0.29, 0.717) is 35.7 Å². The van der Waals surface area contributed by atoms with Crippen LogP contribution in [-0.4, -0.2) is 17.4 Å². The van der Waals surface area contributed by atoms with Gasteiger partial charge in [-0.05, 0) is 73.3 Å². The second-order valence-electron chi connectivity index (χ2n) is 7.11. The van der Waals surface area contributed by atoms with Crippen LogP contribution in [0.3, 0.4) is 0 Å². The number of nitrogens with two attached hydrogens (primary N) is 2. The second kappa shape index (κ2) is 9.32. The van der Waals surface area contributed by atoms with Crippen molar-refractivity contribution in [2.45, 2.75) is 25.7 Å². The molecule has 0 spiro atoms. The summed E-state index contributed by atoms with van der Waals surface area (Å²) in [6.07, 6.45) is 1.30. The summed E-state index contributed by atoms with van der Waals surface area (Å²) in [5, 5.41) is 0.391. The van der Waals surface area contributed by atoms with E-state index in [1.54, 1.807) is 24.3 Å². The molecular weight excluding hydrogens is 408 g/mol. The van der Waals surface area contributed by atoms with E-state index in [1.807, 2.05) is 13.0 Å². The fourth-order valence-corrected chi connectivity index (χ4v) is 3.82. The topological polar surface area (TPSA) is 82.0 Å². The van der Waals surface area contributed by atoms with E-state index in [-0.39, 0.29) is 11.3 Å². The summed E-state index contributed by atoms with van der Waals surface area (Å²) in [6, 6.07) is 12.1. The van der Waals surface area contributed by atoms with Gasteiger partial charge in [0.2, 0.25) is 5.91 Å². The number of hydrogen-bond acceptors (Lipinski definition) is 3. The van der Waals surface area contributed by atoms with E-state index in [2.05, 4.69) is 4.98 Å². The molecule has 1 atom stereocenters. The number of hydrogen-bond donors (Lipinski definition) is 2. The average Bonchev–Trinajstić information content (AvgIpc) is 2.68. The number of carbonyl (C=O) groups excluding carboxylic acids is 1. The van der Waals surface area contributed by atoms with E-state index in [0.717, 1.165) is 23.3 Å². The van der Waals surface area contributed by atoms with Crippen LogP contribution in [0.2, 0.25) is 5.02 Å². The number of carbonyl (C=O) groups is 1. The van der Waals surface area contributed by atoms with Crippen molar-refractivity contribution in [2.24, 2.45) is 11.5 Å². The summed E-state index contributed by atoms with van der Waals surface area (Å²) in [5.74, 6) is -2.97. The first kappa shape index (κ1) is 21.9. The Morgan fingerprint density at radius 2 is 1.93 bits per heavy atom. The molecule has 30 heavy (non-hydrogen) atoms. The number of halogens is 3. The molecule has 3 rings (SSSR count). The Balaban J connectivity index is 2.22. The van der Waals surface area contributed by atoms with Gasteiger partial charge in [0.1, 0.15) is 17.6 Å². The van der Waals surface area contributed by atoms with E-state index >= 15 is 0 Å². The van der Waals surface area contributed by atoms with Gasteiger partial charge in [-0.3, -0.25) is 9.78 Å². The predicted octanol–water partition coefficient (Wildman–Crippen LogP) is 4.50. The van der Waals surface area contributed by atoms with Gasteiger partial charge in [-0.15, -0.1) is 0 Å². The number of aryl methyl sites for hydroxylation is 2. The number of benzene rings is 2. The zero-order valence-corrected chi connectivity index (χ0v) is 17.2. The number of pyridine rings is 1. The van der Waals surface area contributed by atoms with Crippen LogP contribution >= 0.6 is 11.6 Å². The summed E-state index contributed by atoms with van der Waals surface area (Å²) in [4.78, 5) is 17.0. The first-order chi connectivity index (χ1) is 14.3. The molecule has 1 unspecified atom stereocenters. The molecule has 1 heterocycles. The smallest absolute Gasteiger partial charge is 0.231 e. The maximum absolute atomic E-state index is 14.4. The third kappa shape index (κ3) is 4.66. The van der Waals surface area contributed by atoms with Crippen molar-refractivity contribution in [3.8, 4) is 11.3 Å². The van der Waals surface area contributed by atoms with Crippen molar-refractivity contribution in [3.63, 3.8) is 0 Å². The largest absolute Gasteiger partial charge is 0.369 e. The Morgan fingerprint density at radius 1 is 1.17 bits per heavy atom. The number of primary amides is 1. The highest BCUT2D eigenvalue weighted by Crippen LogP contribution is 2.34. The molecule has 1 amide bonds. The molecule has 7 heteroatoms. The lowest BCUT2D eigenvalue weighted by Crippen LogP contribution is -2.24. The third-order valence-corrected chi connectivity index (χ3v) is 5.25. The molecule has 4 nitrogen and oxygen atoms in total. The van der Waals surface area contributed by atoms with E-state index in [1.165, 1.54) is 6.07 Å². The lowest BCUT2D eigenvalue weighted by Gasteiger charge is -2.19. The minimum Gasteiger partial charge on any atom is -0.369 e. The summed E-state index contributed by atoms with van der Waals surface area (Å²) in [5.41, 5.74) is 14.3. The zero-order chi connectivity index (χ0) is 21.8.